The second-order valence-electron chi connectivity index (χ2n) is 4.39. The molecule has 0 amide bonds. The molecule has 104 valence electrons. The van der Waals surface area contributed by atoms with Crippen molar-refractivity contribution in [2.24, 2.45) is 0 Å². The third kappa shape index (κ3) is 4.42. The van der Waals surface area contributed by atoms with E-state index in [0.29, 0.717) is 26.1 Å². The largest absolute Gasteiger partial charge is 0.279 e. The molecule has 4 nitrogen and oxygen atoms in total. The van der Waals surface area contributed by atoms with E-state index in [4.69, 9.17) is 0 Å². The van der Waals surface area contributed by atoms with Crippen LogP contribution in [0.3, 0.4) is 0 Å². The Morgan fingerprint density at radius 3 is 2.53 bits per heavy atom. The molecule has 0 atom stereocenters. The lowest BCUT2D eigenvalue weighted by atomic mass is 10.2. The lowest BCUT2D eigenvalue weighted by Crippen LogP contribution is -2.48. The minimum absolute atomic E-state index is 0.436. The maximum absolute atomic E-state index is 11.7. The summed E-state index contributed by atoms with van der Waals surface area (Å²) in [6.07, 6.45) is 5.61. The first-order valence-corrected chi connectivity index (χ1v) is 8.48. The Labute approximate surface area is 122 Å². The van der Waals surface area contributed by atoms with Gasteiger partial charge < -0.3 is 0 Å². The van der Waals surface area contributed by atoms with Crippen molar-refractivity contribution in [3.05, 3.63) is 40.4 Å². The lowest BCUT2D eigenvalue weighted by Gasteiger charge is -2.29. The second-order valence-corrected chi connectivity index (χ2v) is 7.07. The molecule has 1 aliphatic rings. The monoisotopic (exact) mass is 344 g/mol. The van der Waals surface area contributed by atoms with Gasteiger partial charge in [-0.1, -0.05) is 40.2 Å². The van der Waals surface area contributed by atoms with Crippen LogP contribution in [-0.4, -0.2) is 32.4 Å². The number of hydrogen-bond acceptors (Lipinski definition) is 2. The van der Waals surface area contributed by atoms with Crippen LogP contribution in [0.1, 0.15) is 18.4 Å². The third-order valence-corrected chi connectivity index (χ3v) is 5.07. The maximum Gasteiger partial charge on any atom is 0.279 e. The van der Waals surface area contributed by atoms with Crippen LogP contribution in [0.5, 0.6) is 0 Å². The Bertz CT molecular complexity index is 536. The minimum Gasteiger partial charge on any atom is -0.202 e. The van der Waals surface area contributed by atoms with Gasteiger partial charge in [0.1, 0.15) is 0 Å². The molecule has 1 aromatic carbocycles. The van der Waals surface area contributed by atoms with Crippen LogP contribution in [0.15, 0.2) is 34.8 Å². The first-order valence-electron chi connectivity index (χ1n) is 6.25. The fourth-order valence-corrected chi connectivity index (χ4v) is 3.25. The summed E-state index contributed by atoms with van der Waals surface area (Å²) in [7, 11) is -3.23. The van der Waals surface area contributed by atoms with Gasteiger partial charge >= 0.3 is 0 Å². The topological polar surface area (TPSA) is 49.4 Å². The molecule has 0 radical (unpaired) electrons. The summed E-state index contributed by atoms with van der Waals surface area (Å²) in [6, 6.07) is 7.97. The highest BCUT2D eigenvalue weighted by molar-refractivity contribution is 9.10. The van der Waals surface area contributed by atoms with Crippen molar-refractivity contribution < 1.29 is 8.42 Å². The molecule has 2 rings (SSSR count). The smallest absolute Gasteiger partial charge is 0.202 e. The number of benzene rings is 1. The van der Waals surface area contributed by atoms with E-state index in [0.717, 1.165) is 16.5 Å². The highest BCUT2D eigenvalue weighted by atomic mass is 79.9. The van der Waals surface area contributed by atoms with Gasteiger partial charge in [-0.3, -0.25) is 0 Å². The van der Waals surface area contributed by atoms with Crippen molar-refractivity contribution in [2.45, 2.75) is 12.8 Å². The van der Waals surface area contributed by atoms with E-state index >= 15 is 0 Å². The molecule has 0 aromatic heterocycles. The molecule has 1 saturated heterocycles. The SMILES string of the molecule is O=S(=O)(NCC/C=C/c1ccc(Br)cc1)N1CCC1. The van der Waals surface area contributed by atoms with E-state index < -0.39 is 10.2 Å². The van der Waals surface area contributed by atoms with Crippen LogP contribution >= 0.6 is 15.9 Å². The van der Waals surface area contributed by atoms with E-state index in [2.05, 4.69) is 20.7 Å². The van der Waals surface area contributed by atoms with Gasteiger partial charge in [0.2, 0.25) is 0 Å². The fraction of sp³-hybridized carbons (Fsp3) is 0.385. The molecular formula is C13H17BrN2O2S. The first-order chi connectivity index (χ1) is 9.08. The molecule has 1 aliphatic heterocycles. The molecule has 0 unspecified atom stereocenters. The average Bonchev–Trinajstić information content (AvgIpc) is 2.28. The van der Waals surface area contributed by atoms with Crippen molar-refractivity contribution in [1.29, 1.82) is 0 Å². The maximum atomic E-state index is 11.7. The molecule has 0 saturated carbocycles. The first kappa shape index (κ1) is 14.7. The van der Waals surface area contributed by atoms with Gasteiger partial charge in [0.25, 0.3) is 10.2 Å². The third-order valence-electron chi connectivity index (χ3n) is 2.93. The Morgan fingerprint density at radius 1 is 1.26 bits per heavy atom. The van der Waals surface area contributed by atoms with Gasteiger partial charge in [0, 0.05) is 24.1 Å². The van der Waals surface area contributed by atoms with E-state index in [-0.39, 0.29) is 0 Å². The standard InChI is InChI=1S/C13H17BrN2O2S/c14-13-7-5-12(6-8-13)4-1-2-9-15-19(17,18)16-10-3-11-16/h1,4-8,15H,2-3,9-11H2/b4-1+. The second kappa shape index (κ2) is 6.65. The lowest BCUT2D eigenvalue weighted by molar-refractivity contribution is 0.305. The fourth-order valence-electron chi connectivity index (χ4n) is 1.68. The highest BCUT2D eigenvalue weighted by Crippen LogP contribution is 2.12. The van der Waals surface area contributed by atoms with Crippen molar-refractivity contribution in [3.8, 4) is 0 Å². The number of nitrogens with zero attached hydrogens (tertiary/aromatic N) is 1. The van der Waals surface area contributed by atoms with Crippen molar-refractivity contribution >= 4 is 32.2 Å². The number of halogens is 1. The number of rotatable bonds is 6. The van der Waals surface area contributed by atoms with Crippen molar-refractivity contribution in [2.75, 3.05) is 19.6 Å². The molecule has 1 heterocycles. The van der Waals surface area contributed by atoms with Crippen LogP contribution in [0, 0.1) is 0 Å². The van der Waals surface area contributed by atoms with E-state index in [1.54, 1.807) is 0 Å². The van der Waals surface area contributed by atoms with Crippen LogP contribution < -0.4 is 4.72 Å². The van der Waals surface area contributed by atoms with Crippen LogP contribution in [0.2, 0.25) is 0 Å². The summed E-state index contributed by atoms with van der Waals surface area (Å²) in [6.45, 7) is 1.72. The molecule has 6 heteroatoms. The Kier molecular flexibility index (Phi) is 5.15. The number of nitrogens with one attached hydrogen (secondary N) is 1. The summed E-state index contributed by atoms with van der Waals surface area (Å²) in [5.74, 6) is 0. The van der Waals surface area contributed by atoms with Gasteiger partial charge in [0.15, 0.2) is 0 Å². The van der Waals surface area contributed by atoms with Gasteiger partial charge in [-0.2, -0.15) is 12.7 Å². The summed E-state index contributed by atoms with van der Waals surface area (Å²) in [4.78, 5) is 0. The highest BCUT2D eigenvalue weighted by Gasteiger charge is 2.26. The molecule has 19 heavy (non-hydrogen) atoms. The minimum atomic E-state index is -3.23. The molecule has 1 fully saturated rings. The van der Waals surface area contributed by atoms with Crippen LogP contribution in [0.4, 0.5) is 0 Å². The van der Waals surface area contributed by atoms with Gasteiger partial charge in [-0.05, 0) is 30.5 Å². The van der Waals surface area contributed by atoms with Crippen molar-refractivity contribution in [1.82, 2.24) is 9.03 Å². The zero-order valence-corrected chi connectivity index (χ0v) is 13.0. The van der Waals surface area contributed by atoms with Crippen LogP contribution in [0.25, 0.3) is 6.08 Å². The summed E-state index contributed by atoms with van der Waals surface area (Å²) >= 11 is 3.38. The van der Waals surface area contributed by atoms with Gasteiger partial charge in [0.05, 0.1) is 0 Å². The van der Waals surface area contributed by atoms with E-state index in [1.807, 2.05) is 36.4 Å². The van der Waals surface area contributed by atoms with E-state index in [9.17, 15) is 8.42 Å². The molecule has 1 N–H and O–H groups in total. The summed E-state index contributed by atoms with van der Waals surface area (Å²) < 4.78 is 28.4. The predicted molar refractivity (Wildman–Crippen MR) is 80.9 cm³/mol. The normalized spacial score (nSPS) is 16.7. The zero-order valence-electron chi connectivity index (χ0n) is 10.5. The molecule has 1 aromatic rings. The molecule has 0 aliphatic carbocycles. The van der Waals surface area contributed by atoms with Crippen molar-refractivity contribution in [3.63, 3.8) is 0 Å². The predicted octanol–water partition coefficient (Wildman–Crippen LogP) is 2.39. The molecular weight excluding hydrogens is 328 g/mol. The molecule has 0 bridgehead atoms. The summed E-state index contributed by atoms with van der Waals surface area (Å²) in [5.41, 5.74) is 1.11. The van der Waals surface area contributed by atoms with Gasteiger partial charge in [-0.15, -0.1) is 0 Å². The average molecular weight is 345 g/mol. The van der Waals surface area contributed by atoms with Gasteiger partial charge in [-0.25, -0.2) is 4.72 Å². The van der Waals surface area contributed by atoms with Crippen LogP contribution in [-0.2, 0) is 10.2 Å². The zero-order chi connectivity index (χ0) is 13.7. The number of hydrogen-bond donors (Lipinski definition) is 1. The Morgan fingerprint density at radius 2 is 1.95 bits per heavy atom. The Balaban J connectivity index is 1.73. The quantitative estimate of drug-likeness (QED) is 0.805. The Hall–Kier alpha value is -0.690. The van der Waals surface area contributed by atoms with E-state index in [1.165, 1.54) is 4.31 Å². The summed E-state index contributed by atoms with van der Waals surface area (Å²) in [5, 5.41) is 0. The molecule has 0 spiro atoms.